The summed E-state index contributed by atoms with van der Waals surface area (Å²) in [5.41, 5.74) is 3.02. The van der Waals surface area contributed by atoms with E-state index >= 15 is 0 Å². The fourth-order valence-electron chi connectivity index (χ4n) is 2.54. The molecule has 0 spiro atoms. The van der Waals surface area contributed by atoms with E-state index in [1.54, 1.807) is 0 Å². The molecule has 110 valence electrons. The Morgan fingerprint density at radius 2 is 2.25 bits per heavy atom. The van der Waals surface area contributed by atoms with Crippen molar-refractivity contribution in [2.45, 2.75) is 44.9 Å². The van der Waals surface area contributed by atoms with Crippen molar-refractivity contribution in [1.82, 2.24) is 5.32 Å². The van der Waals surface area contributed by atoms with Gasteiger partial charge in [0.05, 0.1) is 0 Å². The van der Waals surface area contributed by atoms with Crippen LogP contribution in [0, 0.1) is 6.92 Å². The fraction of sp³-hybridized carbons (Fsp3) is 0.562. The quantitative estimate of drug-likeness (QED) is 0.893. The molecular weight excluding hydrogens is 268 g/mol. The van der Waals surface area contributed by atoms with Crippen molar-refractivity contribution in [3.63, 3.8) is 0 Å². The van der Waals surface area contributed by atoms with Crippen LogP contribution in [0.2, 0.25) is 0 Å². The Hall–Kier alpha value is -1.16. The van der Waals surface area contributed by atoms with Gasteiger partial charge in [0.2, 0.25) is 0 Å². The first-order valence-corrected chi connectivity index (χ1v) is 8.43. The van der Waals surface area contributed by atoms with Gasteiger partial charge in [-0.05, 0) is 56.2 Å². The molecule has 1 aliphatic heterocycles. The Morgan fingerprint density at radius 1 is 1.45 bits per heavy atom. The van der Waals surface area contributed by atoms with Crippen molar-refractivity contribution in [3.05, 3.63) is 29.3 Å². The molecule has 0 aromatic heterocycles. The highest BCUT2D eigenvalue weighted by Crippen LogP contribution is 2.28. The maximum absolute atomic E-state index is 11.8. The summed E-state index contributed by atoms with van der Waals surface area (Å²) in [5.74, 6) is 1.28. The zero-order valence-electron chi connectivity index (χ0n) is 12.5. The Balaban J connectivity index is 2.07. The van der Waals surface area contributed by atoms with Crippen LogP contribution in [0.3, 0.4) is 0 Å². The SMILES string of the molecule is CCNC(=O)c1ccc(NC2CCCSC2C)c(C)c1. The molecule has 2 rings (SSSR count). The monoisotopic (exact) mass is 292 g/mol. The molecule has 2 N–H and O–H groups in total. The van der Waals surface area contributed by atoms with Gasteiger partial charge in [-0.2, -0.15) is 11.8 Å². The summed E-state index contributed by atoms with van der Waals surface area (Å²) < 4.78 is 0. The topological polar surface area (TPSA) is 41.1 Å². The summed E-state index contributed by atoms with van der Waals surface area (Å²) in [7, 11) is 0. The standard InChI is InChI=1S/C16H24N2OS/c1-4-17-16(19)13-7-8-14(11(2)10-13)18-15-6-5-9-20-12(15)3/h7-8,10,12,15,18H,4-6,9H2,1-3H3,(H,17,19). The lowest BCUT2D eigenvalue weighted by molar-refractivity contribution is 0.0956. The van der Waals surface area contributed by atoms with Gasteiger partial charge in [0.1, 0.15) is 0 Å². The lowest BCUT2D eigenvalue weighted by Crippen LogP contribution is -2.33. The molecule has 0 radical (unpaired) electrons. The minimum absolute atomic E-state index is 0.00346. The van der Waals surface area contributed by atoms with Gasteiger partial charge in [0, 0.05) is 29.1 Å². The molecule has 1 saturated heterocycles. The first-order valence-electron chi connectivity index (χ1n) is 7.38. The van der Waals surface area contributed by atoms with E-state index in [4.69, 9.17) is 0 Å². The maximum Gasteiger partial charge on any atom is 0.251 e. The lowest BCUT2D eigenvalue weighted by Gasteiger charge is -2.30. The van der Waals surface area contributed by atoms with Gasteiger partial charge < -0.3 is 10.6 Å². The van der Waals surface area contributed by atoms with E-state index in [2.05, 4.69) is 24.5 Å². The van der Waals surface area contributed by atoms with Crippen LogP contribution in [-0.2, 0) is 0 Å². The summed E-state index contributed by atoms with van der Waals surface area (Å²) in [6.45, 7) is 6.95. The third-order valence-corrected chi connectivity index (χ3v) is 5.15. The van der Waals surface area contributed by atoms with Gasteiger partial charge in [-0.25, -0.2) is 0 Å². The van der Waals surface area contributed by atoms with Crippen molar-refractivity contribution < 1.29 is 4.79 Å². The van der Waals surface area contributed by atoms with Crippen LogP contribution in [0.1, 0.15) is 42.6 Å². The Kier molecular flexibility index (Phi) is 5.35. The molecule has 1 aromatic carbocycles. The number of benzene rings is 1. The minimum Gasteiger partial charge on any atom is -0.381 e. The van der Waals surface area contributed by atoms with Gasteiger partial charge in [0.15, 0.2) is 0 Å². The molecule has 0 bridgehead atoms. The molecule has 1 heterocycles. The number of hydrogen-bond donors (Lipinski definition) is 2. The van der Waals surface area contributed by atoms with E-state index in [-0.39, 0.29) is 5.91 Å². The van der Waals surface area contributed by atoms with Crippen LogP contribution in [-0.4, -0.2) is 29.5 Å². The number of carbonyl (C=O) groups excluding carboxylic acids is 1. The summed E-state index contributed by atoms with van der Waals surface area (Å²) in [4.78, 5) is 11.8. The molecule has 2 atom stereocenters. The largest absolute Gasteiger partial charge is 0.381 e. The molecule has 0 saturated carbocycles. The van der Waals surface area contributed by atoms with Crippen LogP contribution < -0.4 is 10.6 Å². The number of thioether (sulfide) groups is 1. The predicted molar refractivity (Wildman–Crippen MR) is 87.8 cm³/mol. The van der Waals surface area contributed by atoms with Gasteiger partial charge in [-0.1, -0.05) is 6.92 Å². The average molecular weight is 292 g/mol. The highest BCUT2D eigenvalue weighted by Gasteiger charge is 2.22. The summed E-state index contributed by atoms with van der Waals surface area (Å²) >= 11 is 2.04. The molecule has 1 amide bonds. The second kappa shape index (κ2) is 7.02. The second-order valence-electron chi connectivity index (χ2n) is 5.36. The molecule has 3 nitrogen and oxygen atoms in total. The maximum atomic E-state index is 11.8. The predicted octanol–water partition coefficient (Wildman–Crippen LogP) is 3.44. The molecule has 0 aliphatic carbocycles. The van der Waals surface area contributed by atoms with Crippen LogP contribution in [0.5, 0.6) is 0 Å². The molecule has 1 aromatic rings. The average Bonchev–Trinajstić information content (AvgIpc) is 2.43. The van der Waals surface area contributed by atoms with E-state index in [9.17, 15) is 4.79 Å². The number of aryl methyl sites for hydroxylation is 1. The molecule has 2 unspecified atom stereocenters. The van der Waals surface area contributed by atoms with E-state index < -0.39 is 0 Å². The van der Waals surface area contributed by atoms with E-state index in [0.717, 1.165) is 16.8 Å². The van der Waals surface area contributed by atoms with Crippen molar-refractivity contribution in [2.75, 3.05) is 17.6 Å². The Morgan fingerprint density at radius 3 is 2.90 bits per heavy atom. The van der Waals surface area contributed by atoms with E-state index in [1.807, 2.05) is 36.9 Å². The van der Waals surface area contributed by atoms with Crippen LogP contribution >= 0.6 is 11.8 Å². The van der Waals surface area contributed by atoms with Crippen molar-refractivity contribution in [3.8, 4) is 0 Å². The third kappa shape index (κ3) is 3.69. The zero-order chi connectivity index (χ0) is 14.5. The zero-order valence-corrected chi connectivity index (χ0v) is 13.3. The number of carbonyl (C=O) groups is 1. The molecular formula is C16H24N2OS. The number of rotatable bonds is 4. The minimum atomic E-state index is 0.00346. The molecule has 1 fully saturated rings. The van der Waals surface area contributed by atoms with Crippen LogP contribution in [0.15, 0.2) is 18.2 Å². The number of nitrogens with one attached hydrogen (secondary N) is 2. The number of anilines is 1. The normalized spacial score (nSPS) is 22.4. The summed E-state index contributed by atoms with van der Waals surface area (Å²) in [5, 5.41) is 7.12. The number of hydrogen-bond acceptors (Lipinski definition) is 3. The molecule has 20 heavy (non-hydrogen) atoms. The van der Waals surface area contributed by atoms with Crippen LogP contribution in [0.25, 0.3) is 0 Å². The molecule has 1 aliphatic rings. The summed E-state index contributed by atoms with van der Waals surface area (Å²) in [6.07, 6.45) is 2.51. The van der Waals surface area contributed by atoms with E-state index in [1.165, 1.54) is 18.6 Å². The summed E-state index contributed by atoms with van der Waals surface area (Å²) in [6, 6.07) is 6.43. The van der Waals surface area contributed by atoms with Crippen molar-refractivity contribution in [1.29, 1.82) is 0 Å². The van der Waals surface area contributed by atoms with Gasteiger partial charge >= 0.3 is 0 Å². The fourth-order valence-corrected chi connectivity index (χ4v) is 3.68. The van der Waals surface area contributed by atoms with Gasteiger partial charge in [-0.3, -0.25) is 4.79 Å². The second-order valence-corrected chi connectivity index (χ2v) is 6.84. The third-order valence-electron chi connectivity index (χ3n) is 3.77. The highest BCUT2D eigenvalue weighted by molar-refractivity contribution is 8.00. The first-order chi connectivity index (χ1) is 9.61. The van der Waals surface area contributed by atoms with Crippen molar-refractivity contribution in [2.24, 2.45) is 0 Å². The van der Waals surface area contributed by atoms with Crippen LogP contribution in [0.4, 0.5) is 5.69 Å². The smallest absolute Gasteiger partial charge is 0.251 e. The Labute approximate surface area is 125 Å². The molecule has 4 heteroatoms. The lowest BCUT2D eigenvalue weighted by atomic mass is 10.0. The number of amides is 1. The Bertz CT molecular complexity index is 476. The van der Waals surface area contributed by atoms with E-state index in [0.29, 0.717) is 17.8 Å². The van der Waals surface area contributed by atoms with Gasteiger partial charge in [-0.15, -0.1) is 0 Å². The van der Waals surface area contributed by atoms with Gasteiger partial charge in [0.25, 0.3) is 5.91 Å². The van der Waals surface area contributed by atoms with Crippen molar-refractivity contribution >= 4 is 23.4 Å². The first kappa shape index (κ1) is 15.2. The highest BCUT2D eigenvalue weighted by atomic mass is 32.2.